The van der Waals surface area contributed by atoms with Gasteiger partial charge in [-0.15, -0.1) is 0 Å². The maximum atomic E-state index is 12.8. The van der Waals surface area contributed by atoms with Crippen LogP contribution in [0, 0.1) is 0 Å². The summed E-state index contributed by atoms with van der Waals surface area (Å²) in [4.78, 5) is 37.0. The van der Waals surface area contributed by atoms with Gasteiger partial charge in [0.2, 0.25) is 0 Å². The van der Waals surface area contributed by atoms with Crippen molar-refractivity contribution in [2.45, 2.75) is 301 Å². The Morgan fingerprint density at radius 3 is 1.08 bits per heavy atom. The second-order valence-corrected chi connectivity index (χ2v) is 18.7. The SMILES string of the molecule is CCCCCCCCCCCCCCCCCCCCCCCCC(=O)OCC(COC1OC(C(=O)O)C(O)C(O)C1O)OC(=O)CCCCCCCCCCCCCCCCC. The number of carbonyl (C=O) groups is 3. The Hall–Kier alpha value is -1.79. The molecule has 1 fully saturated rings. The van der Waals surface area contributed by atoms with E-state index in [-0.39, 0.29) is 26.1 Å². The number of esters is 2. The van der Waals surface area contributed by atoms with Gasteiger partial charge in [0.05, 0.1) is 6.61 Å². The predicted octanol–water partition coefficient (Wildman–Crippen LogP) is 12.6. The lowest BCUT2D eigenvalue weighted by Crippen LogP contribution is -2.60. The van der Waals surface area contributed by atoms with Crippen LogP contribution in [0.25, 0.3) is 0 Å². The fourth-order valence-corrected chi connectivity index (χ4v) is 8.53. The van der Waals surface area contributed by atoms with Gasteiger partial charge in [0.15, 0.2) is 18.5 Å². The summed E-state index contributed by atoms with van der Waals surface area (Å²) in [6, 6.07) is 0. The summed E-state index contributed by atoms with van der Waals surface area (Å²) < 4.78 is 21.8. The van der Waals surface area contributed by atoms with Crippen LogP contribution < -0.4 is 0 Å². The Labute approximate surface area is 384 Å². The first-order valence-electron chi connectivity index (χ1n) is 26.6. The largest absolute Gasteiger partial charge is 0.479 e. The second-order valence-electron chi connectivity index (χ2n) is 18.7. The highest BCUT2D eigenvalue weighted by molar-refractivity contribution is 5.73. The van der Waals surface area contributed by atoms with Crippen molar-refractivity contribution in [3.05, 3.63) is 0 Å². The number of hydrogen-bond acceptors (Lipinski definition) is 10. The van der Waals surface area contributed by atoms with Gasteiger partial charge in [0.25, 0.3) is 0 Å². The molecule has 11 heteroatoms. The van der Waals surface area contributed by atoms with Gasteiger partial charge in [0.1, 0.15) is 24.9 Å². The molecule has 63 heavy (non-hydrogen) atoms. The van der Waals surface area contributed by atoms with Crippen molar-refractivity contribution < 1.29 is 53.8 Å². The minimum Gasteiger partial charge on any atom is -0.479 e. The van der Waals surface area contributed by atoms with Crippen molar-refractivity contribution in [1.82, 2.24) is 0 Å². The van der Waals surface area contributed by atoms with E-state index in [1.807, 2.05) is 0 Å². The molecule has 1 aliphatic rings. The molecule has 1 heterocycles. The molecular formula is C52H98O11. The van der Waals surface area contributed by atoms with Gasteiger partial charge in [0, 0.05) is 12.8 Å². The van der Waals surface area contributed by atoms with Crippen LogP contribution in [0.5, 0.6) is 0 Å². The lowest BCUT2D eigenvalue weighted by Gasteiger charge is -2.38. The molecule has 0 aliphatic carbocycles. The van der Waals surface area contributed by atoms with E-state index < -0.39 is 54.7 Å². The van der Waals surface area contributed by atoms with Crippen LogP contribution in [-0.2, 0) is 33.3 Å². The Kier molecular flexibility index (Phi) is 40.3. The van der Waals surface area contributed by atoms with E-state index in [0.717, 1.165) is 38.5 Å². The molecule has 0 bridgehead atoms. The minimum atomic E-state index is -1.86. The Morgan fingerprint density at radius 1 is 0.429 bits per heavy atom. The zero-order valence-corrected chi connectivity index (χ0v) is 40.6. The van der Waals surface area contributed by atoms with Crippen molar-refractivity contribution in [1.29, 1.82) is 0 Å². The third-order valence-corrected chi connectivity index (χ3v) is 12.7. The lowest BCUT2D eigenvalue weighted by atomic mass is 9.99. The second kappa shape index (κ2) is 42.8. The summed E-state index contributed by atoms with van der Waals surface area (Å²) in [7, 11) is 0. The number of hydrogen-bond donors (Lipinski definition) is 4. The molecular weight excluding hydrogens is 801 g/mol. The zero-order chi connectivity index (χ0) is 46.0. The van der Waals surface area contributed by atoms with E-state index in [4.69, 9.17) is 18.9 Å². The van der Waals surface area contributed by atoms with Crippen molar-refractivity contribution in [3.63, 3.8) is 0 Å². The van der Waals surface area contributed by atoms with Crippen LogP contribution >= 0.6 is 0 Å². The molecule has 0 radical (unpaired) electrons. The number of carboxylic acid groups (broad SMARTS) is 1. The molecule has 6 atom stereocenters. The third kappa shape index (κ3) is 34.2. The molecule has 1 saturated heterocycles. The first-order valence-corrected chi connectivity index (χ1v) is 26.6. The Bertz CT molecular complexity index is 1060. The number of rotatable bonds is 46. The number of aliphatic carboxylic acids is 1. The Morgan fingerprint density at radius 2 is 0.746 bits per heavy atom. The fourth-order valence-electron chi connectivity index (χ4n) is 8.53. The molecule has 4 N–H and O–H groups in total. The number of aliphatic hydroxyl groups is 3. The summed E-state index contributed by atoms with van der Waals surface area (Å²) in [5, 5.41) is 39.9. The van der Waals surface area contributed by atoms with Crippen LogP contribution in [0.1, 0.15) is 264 Å². The van der Waals surface area contributed by atoms with Crippen LogP contribution in [0.3, 0.4) is 0 Å². The summed E-state index contributed by atoms with van der Waals surface area (Å²) in [6.45, 7) is 3.87. The molecule has 372 valence electrons. The Balaban J connectivity index is 2.24. The van der Waals surface area contributed by atoms with Crippen LogP contribution in [0.4, 0.5) is 0 Å². The summed E-state index contributed by atoms with van der Waals surface area (Å²) >= 11 is 0. The maximum absolute atomic E-state index is 12.8. The van der Waals surface area contributed by atoms with Crippen LogP contribution in [-0.4, -0.2) is 88.4 Å². The van der Waals surface area contributed by atoms with E-state index >= 15 is 0 Å². The molecule has 0 saturated carbocycles. The summed E-state index contributed by atoms with van der Waals surface area (Å²) in [6.07, 6.45) is 37.3. The minimum absolute atomic E-state index is 0.191. The number of carboxylic acids is 1. The molecule has 1 rings (SSSR count). The third-order valence-electron chi connectivity index (χ3n) is 12.7. The van der Waals surface area contributed by atoms with Gasteiger partial charge in [-0.2, -0.15) is 0 Å². The van der Waals surface area contributed by atoms with Crippen molar-refractivity contribution in [2.24, 2.45) is 0 Å². The first-order chi connectivity index (χ1) is 30.7. The normalized spacial score (nSPS) is 19.3. The molecule has 0 aromatic rings. The molecule has 1 aliphatic heterocycles. The first kappa shape index (κ1) is 59.2. The average Bonchev–Trinajstić information content (AvgIpc) is 3.27. The lowest BCUT2D eigenvalue weighted by molar-refractivity contribution is -0.298. The molecule has 0 aromatic heterocycles. The van der Waals surface area contributed by atoms with Crippen LogP contribution in [0.15, 0.2) is 0 Å². The molecule has 6 unspecified atom stereocenters. The quantitative estimate of drug-likeness (QED) is 0.0339. The van der Waals surface area contributed by atoms with E-state index in [9.17, 15) is 34.8 Å². The number of unbranched alkanes of at least 4 members (excludes halogenated alkanes) is 35. The molecule has 11 nitrogen and oxygen atoms in total. The highest BCUT2D eigenvalue weighted by Crippen LogP contribution is 2.23. The maximum Gasteiger partial charge on any atom is 0.335 e. The number of ether oxygens (including phenoxy) is 4. The highest BCUT2D eigenvalue weighted by Gasteiger charge is 2.47. The molecule has 0 aromatic carbocycles. The van der Waals surface area contributed by atoms with Gasteiger partial charge in [-0.3, -0.25) is 9.59 Å². The van der Waals surface area contributed by atoms with E-state index in [1.54, 1.807) is 0 Å². The van der Waals surface area contributed by atoms with E-state index in [1.165, 1.54) is 186 Å². The van der Waals surface area contributed by atoms with Gasteiger partial charge >= 0.3 is 17.9 Å². The average molecular weight is 899 g/mol. The van der Waals surface area contributed by atoms with E-state index in [0.29, 0.717) is 12.8 Å². The van der Waals surface area contributed by atoms with Crippen molar-refractivity contribution in [2.75, 3.05) is 13.2 Å². The highest BCUT2D eigenvalue weighted by atomic mass is 16.7. The summed E-state index contributed by atoms with van der Waals surface area (Å²) in [5.74, 6) is -2.42. The zero-order valence-electron chi connectivity index (χ0n) is 40.6. The standard InChI is InChI=1S/C52H98O11/c1-3-5-7-9-11-13-15-17-19-20-21-22-23-24-25-27-28-30-32-34-36-38-40-45(53)60-42-44(43-61-52-49(57)47(55)48(56)50(63-52)51(58)59)62-46(54)41-39-37-35-33-31-29-26-18-16-14-12-10-8-6-4-2/h44,47-50,52,55-57H,3-43H2,1-2H3,(H,58,59). The van der Waals surface area contributed by atoms with Gasteiger partial charge in [-0.25, -0.2) is 4.79 Å². The topological polar surface area (TPSA) is 169 Å². The number of carbonyl (C=O) groups excluding carboxylic acids is 2. The predicted molar refractivity (Wildman–Crippen MR) is 253 cm³/mol. The van der Waals surface area contributed by atoms with Gasteiger partial charge in [-0.1, -0.05) is 239 Å². The number of aliphatic hydroxyl groups excluding tert-OH is 3. The molecule has 0 amide bonds. The van der Waals surface area contributed by atoms with Crippen molar-refractivity contribution in [3.8, 4) is 0 Å². The fraction of sp³-hybridized carbons (Fsp3) is 0.942. The monoisotopic (exact) mass is 899 g/mol. The molecule has 0 spiro atoms. The van der Waals surface area contributed by atoms with Crippen LogP contribution in [0.2, 0.25) is 0 Å². The smallest absolute Gasteiger partial charge is 0.335 e. The summed E-state index contributed by atoms with van der Waals surface area (Å²) in [5.41, 5.74) is 0. The van der Waals surface area contributed by atoms with E-state index in [2.05, 4.69) is 13.8 Å². The van der Waals surface area contributed by atoms with Gasteiger partial charge in [-0.05, 0) is 12.8 Å². The van der Waals surface area contributed by atoms with Crippen molar-refractivity contribution >= 4 is 17.9 Å². The van der Waals surface area contributed by atoms with Gasteiger partial charge < -0.3 is 39.4 Å².